The van der Waals surface area contributed by atoms with E-state index in [2.05, 4.69) is 17.2 Å². The Morgan fingerprint density at radius 1 is 0.658 bits per heavy atom. The molecule has 218 valence electrons. The molecule has 0 saturated heterocycles. The summed E-state index contributed by atoms with van der Waals surface area (Å²) in [6.07, 6.45) is 28.0. The largest absolute Gasteiger partial charge is 0.332 e. The van der Waals surface area contributed by atoms with Crippen molar-refractivity contribution < 1.29 is 0 Å². The van der Waals surface area contributed by atoms with Crippen molar-refractivity contribution >= 4 is 11.2 Å². The highest BCUT2D eigenvalue weighted by molar-refractivity contribution is 5.69. The molecular formula is C31H57N5O2. The minimum atomic E-state index is -0.269. The molecule has 2 aromatic rings. The van der Waals surface area contributed by atoms with Crippen LogP contribution in [0.2, 0.25) is 0 Å². The number of hydrogen-bond acceptors (Lipinski definition) is 4. The Morgan fingerprint density at radius 3 is 1.61 bits per heavy atom. The van der Waals surface area contributed by atoms with Crippen LogP contribution in [-0.2, 0) is 20.6 Å². The lowest BCUT2D eigenvalue weighted by molar-refractivity contribution is 0.510. The van der Waals surface area contributed by atoms with Gasteiger partial charge in [0, 0.05) is 20.6 Å². The molecule has 0 aromatic carbocycles. The Hall–Kier alpha value is -1.89. The molecular weight excluding hydrogens is 474 g/mol. The molecule has 7 heteroatoms. The molecule has 0 aliphatic heterocycles. The Bertz CT molecular complexity index is 991. The van der Waals surface area contributed by atoms with Crippen LogP contribution in [0.3, 0.4) is 0 Å². The van der Waals surface area contributed by atoms with E-state index in [1.165, 1.54) is 138 Å². The maximum Gasteiger partial charge on any atom is 0.332 e. The normalized spacial score (nSPS) is 11.7. The van der Waals surface area contributed by atoms with Crippen molar-refractivity contribution in [1.82, 2.24) is 24.0 Å². The molecule has 0 bridgehead atoms. The van der Waals surface area contributed by atoms with Gasteiger partial charge in [0.15, 0.2) is 11.2 Å². The van der Waals surface area contributed by atoms with Crippen LogP contribution in [-0.4, -0.2) is 31.8 Å². The smallest absolute Gasteiger partial charge is 0.328 e. The summed E-state index contributed by atoms with van der Waals surface area (Å²) in [5.41, 5.74) is 0.459. The van der Waals surface area contributed by atoms with Gasteiger partial charge < -0.3 is 9.88 Å². The first-order valence-electron chi connectivity index (χ1n) is 15.9. The molecule has 1 N–H and O–H groups in total. The summed E-state index contributed by atoms with van der Waals surface area (Å²) >= 11 is 0. The van der Waals surface area contributed by atoms with Crippen LogP contribution in [0.1, 0.15) is 135 Å². The minimum absolute atomic E-state index is 0.226. The van der Waals surface area contributed by atoms with Gasteiger partial charge in [0.2, 0.25) is 0 Å². The fourth-order valence-electron chi connectivity index (χ4n) is 5.39. The summed E-state index contributed by atoms with van der Waals surface area (Å²) in [6.45, 7) is 5.12. The van der Waals surface area contributed by atoms with E-state index in [0.29, 0.717) is 17.7 Å². The number of hydrogen-bond donors (Lipinski definition) is 1. The van der Waals surface area contributed by atoms with Crippen LogP contribution in [0.25, 0.3) is 11.2 Å². The quantitative estimate of drug-likeness (QED) is 0.150. The summed E-state index contributed by atoms with van der Waals surface area (Å²) < 4.78 is 4.54. The zero-order valence-corrected chi connectivity index (χ0v) is 24.9. The van der Waals surface area contributed by atoms with Gasteiger partial charge in [-0.2, -0.15) is 0 Å². The van der Waals surface area contributed by atoms with E-state index in [0.717, 1.165) is 12.8 Å². The first-order valence-corrected chi connectivity index (χ1v) is 15.9. The van der Waals surface area contributed by atoms with E-state index in [1.807, 2.05) is 0 Å². The molecule has 0 atom stereocenters. The van der Waals surface area contributed by atoms with Crippen molar-refractivity contribution in [2.45, 2.75) is 142 Å². The monoisotopic (exact) mass is 531 g/mol. The van der Waals surface area contributed by atoms with Crippen molar-refractivity contribution in [2.24, 2.45) is 14.1 Å². The molecule has 0 amide bonds. The Morgan fingerprint density at radius 2 is 1.11 bits per heavy atom. The molecule has 38 heavy (non-hydrogen) atoms. The SMILES string of the molecule is CCCCCCCCCCCCCNCCCCCCCCCCCn1c(=O)c2c(ncn2C)n(C)c1=O. The van der Waals surface area contributed by atoms with Crippen molar-refractivity contribution in [3.05, 3.63) is 27.2 Å². The van der Waals surface area contributed by atoms with Gasteiger partial charge >= 0.3 is 5.69 Å². The highest BCUT2D eigenvalue weighted by atomic mass is 16.2. The van der Waals surface area contributed by atoms with Crippen LogP contribution in [0, 0.1) is 0 Å². The van der Waals surface area contributed by atoms with Gasteiger partial charge in [-0.3, -0.25) is 13.9 Å². The van der Waals surface area contributed by atoms with Gasteiger partial charge in [-0.1, -0.05) is 116 Å². The second-order valence-corrected chi connectivity index (χ2v) is 11.3. The number of nitrogens with zero attached hydrogens (tertiary/aromatic N) is 4. The lowest BCUT2D eigenvalue weighted by Crippen LogP contribution is -2.39. The fraction of sp³-hybridized carbons (Fsp3) is 0.839. The number of imidazole rings is 1. The van der Waals surface area contributed by atoms with Gasteiger partial charge in [-0.15, -0.1) is 0 Å². The van der Waals surface area contributed by atoms with Crippen LogP contribution >= 0.6 is 0 Å². The third kappa shape index (κ3) is 11.9. The molecule has 0 unspecified atom stereocenters. The number of nitrogens with one attached hydrogen (secondary N) is 1. The van der Waals surface area contributed by atoms with Crippen molar-refractivity contribution in [2.75, 3.05) is 13.1 Å². The topological polar surface area (TPSA) is 73.8 Å². The van der Waals surface area contributed by atoms with E-state index >= 15 is 0 Å². The number of rotatable bonds is 24. The second-order valence-electron chi connectivity index (χ2n) is 11.3. The van der Waals surface area contributed by atoms with Gasteiger partial charge in [0.1, 0.15) is 0 Å². The summed E-state index contributed by atoms with van der Waals surface area (Å²) in [5.74, 6) is 0. The third-order valence-corrected chi connectivity index (χ3v) is 7.89. The number of unbranched alkanes of at least 4 members (excludes halogenated alkanes) is 18. The first-order chi connectivity index (χ1) is 18.6. The molecule has 0 saturated carbocycles. The number of aromatic nitrogens is 4. The standard InChI is InChI=1S/C31H57N5O2/c1-4-5-6-7-8-9-10-12-15-18-21-24-32-25-22-19-16-13-11-14-17-20-23-26-36-30(37)28-29(33-27-34(28)2)35(3)31(36)38/h27,32H,4-26H2,1-3H3. The van der Waals surface area contributed by atoms with E-state index < -0.39 is 0 Å². The average Bonchev–Trinajstić information content (AvgIpc) is 3.31. The number of aryl methyl sites for hydroxylation is 2. The summed E-state index contributed by atoms with van der Waals surface area (Å²) in [4.78, 5) is 29.4. The Balaban J connectivity index is 1.35. The van der Waals surface area contributed by atoms with Gasteiger partial charge in [0.05, 0.1) is 6.33 Å². The molecule has 2 heterocycles. The maximum atomic E-state index is 12.7. The van der Waals surface area contributed by atoms with Crippen LogP contribution in [0.15, 0.2) is 15.9 Å². The van der Waals surface area contributed by atoms with Crippen molar-refractivity contribution in [3.8, 4) is 0 Å². The highest BCUT2D eigenvalue weighted by Gasteiger charge is 2.14. The summed E-state index contributed by atoms with van der Waals surface area (Å²) in [6, 6.07) is 0. The molecule has 0 radical (unpaired) electrons. The van der Waals surface area contributed by atoms with Gasteiger partial charge in [-0.25, -0.2) is 9.78 Å². The lowest BCUT2D eigenvalue weighted by atomic mass is 10.1. The zero-order chi connectivity index (χ0) is 27.4. The predicted octanol–water partition coefficient (Wildman–Crippen LogP) is 6.85. The Labute approximate surface area is 231 Å². The van der Waals surface area contributed by atoms with Crippen molar-refractivity contribution in [3.63, 3.8) is 0 Å². The van der Waals surface area contributed by atoms with Gasteiger partial charge in [-0.05, 0) is 32.4 Å². The average molecular weight is 532 g/mol. The zero-order valence-electron chi connectivity index (χ0n) is 24.9. The van der Waals surface area contributed by atoms with E-state index in [-0.39, 0.29) is 11.2 Å². The molecule has 0 aliphatic carbocycles. The van der Waals surface area contributed by atoms with Gasteiger partial charge in [0.25, 0.3) is 5.56 Å². The molecule has 2 aromatic heterocycles. The molecule has 2 rings (SSSR count). The molecule has 0 spiro atoms. The van der Waals surface area contributed by atoms with E-state index in [4.69, 9.17) is 0 Å². The summed E-state index contributed by atoms with van der Waals surface area (Å²) in [7, 11) is 3.48. The van der Waals surface area contributed by atoms with E-state index in [9.17, 15) is 9.59 Å². The number of fused-ring (bicyclic) bond motifs is 1. The third-order valence-electron chi connectivity index (χ3n) is 7.89. The lowest BCUT2D eigenvalue weighted by Gasteiger charge is -2.08. The van der Waals surface area contributed by atoms with Crippen LogP contribution < -0.4 is 16.6 Å². The highest BCUT2D eigenvalue weighted by Crippen LogP contribution is 2.12. The first kappa shape index (κ1) is 32.3. The minimum Gasteiger partial charge on any atom is -0.328 e. The van der Waals surface area contributed by atoms with E-state index in [1.54, 1.807) is 25.0 Å². The fourth-order valence-corrected chi connectivity index (χ4v) is 5.39. The van der Waals surface area contributed by atoms with Crippen LogP contribution in [0.4, 0.5) is 0 Å². The molecule has 0 fully saturated rings. The summed E-state index contributed by atoms with van der Waals surface area (Å²) in [5, 5.41) is 3.62. The molecule has 0 aliphatic rings. The molecule has 7 nitrogen and oxygen atoms in total. The van der Waals surface area contributed by atoms with Crippen LogP contribution in [0.5, 0.6) is 0 Å². The maximum absolute atomic E-state index is 12.7. The predicted molar refractivity (Wildman–Crippen MR) is 161 cm³/mol. The van der Waals surface area contributed by atoms with Crippen molar-refractivity contribution in [1.29, 1.82) is 0 Å². The Kier molecular flexibility index (Phi) is 17.1. The second kappa shape index (κ2) is 20.1.